The third-order valence-electron chi connectivity index (χ3n) is 3.42. The molecule has 1 fully saturated rings. The van der Waals surface area contributed by atoms with Crippen LogP contribution in [-0.2, 0) is 9.59 Å². The van der Waals surface area contributed by atoms with E-state index in [1.54, 1.807) is 30.0 Å². The zero-order valence-electron chi connectivity index (χ0n) is 10.9. The van der Waals surface area contributed by atoms with Gasteiger partial charge in [0.15, 0.2) is 0 Å². The van der Waals surface area contributed by atoms with Crippen LogP contribution in [0, 0.1) is 5.92 Å². The van der Waals surface area contributed by atoms with Crippen molar-refractivity contribution < 1.29 is 14.7 Å². The highest BCUT2D eigenvalue weighted by Crippen LogP contribution is 2.21. The molecule has 0 saturated carbocycles. The second-order valence-corrected chi connectivity index (χ2v) is 4.82. The number of anilines is 1. The summed E-state index contributed by atoms with van der Waals surface area (Å²) in [7, 11) is 0. The first-order valence-electron chi connectivity index (χ1n) is 6.41. The number of carbonyl (C=O) groups excluding carboxylic acids is 2. The van der Waals surface area contributed by atoms with Crippen molar-refractivity contribution in [1.29, 1.82) is 0 Å². The second kappa shape index (κ2) is 5.73. The standard InChI is InChI=1S/C14H18N2O3/c1-10(17)16-7-5-11(6-8-16)14(19)15-12-3-2-4-13(18)9-12/h2-4,9,11,18H,5-8H2,1H3,(H,15,19). The largest absolute Gasteiger partial charge is 0.508 e. The Balaban J connectivity index is 1.90. The van der Waals surface area contributed by atoms with Crippen molar-refractivity contribution in [2.24, 2.45) is 5.92 Å². The number of carbonyl (C=O) groups is 2. The maximum atomic E-state index is 12.1. The van der Waals surface area contributed by atoms with Gasteiger partial charge in [-0.05, 0) is 25.0 Å². The van der Waals surface area contributed by atoms with Gasteiger partial charge in [0.1, 0.15) is 5.75 Å². The first kappa shape index (κ1) is 13.4. The molecule has 1 saturated heterocycles. The van der Waals surface area contributed by atoms with Gasteiger partial charge in [0.05, 0.1) is 0 Å². The van der Waals surface area contributed by atoms with Gasteiger partial charge >= 0.3 is 0 Å². The minimum Gasteiger partial charge on any atom is -0.508 e. The van der Waals surface area contributed by atoms with Crippen LogP contribution in [0.15, 0.2) is 24.3 Å². The molecule has 2 amide bonds. The van der Waals surface area contributed by atoms with Gasteiger partial charge in [0.2, 0.25) is 11.8 Å². The molecular formula is C14H18N2O3. The van der Waals surface area contributed by atoms with Crippen molar-refractivity contribution in [2.45, 2.75) is 19.8 Å². The highest BCUT2D eigenvalue weighted by Gasteiger charge is 2.25. The summed E-state index contributed by atoms with van der Waals surface area (Å²) in [5.41, 5.74) is 0.596. The number of hydrogen-bond acceptors (Lipinski definition) is 3. The monoisotopic (exact) mass is 262 g/mol. The van der Waals surface area contributed by atoms with Gasteiger partial charge < -0.3 is 15.3 Å². The lowest BCUT2D eigenvalue weighted by Crippen LogP contribution is -2.40. The van der Waals surface area contributed by atoms with Crippen LogP contribution in [0.2, 0.25) is 0 Å². The number of likely N-dealkylation sites (tertiary alicyclic amines) is 1. The molecule has 1 heterocycles. The Bertz CT molecular complexity index is 479. The van der Waals surface area contributed by atoms with E-state index in [1.807, 2.05) is 0 Å². The fourth-order valence-corrected chi connectivity index (χ4v) is 2.28. The van der Waals surface area contributed by atoms with Crippen molar-refractivity contribution in [1.82, 2.24) is 4.90 Å². The van der Waals surface area contributed by atoms with Crippen LogP contribution >= 0.6 is 0 Å². The molecule has 1 aromatic rings. The Morgan fingerprint density at radius 2 is 2.00 bits per heavy atom. The molecule has 102 valence electrons. The van der Waals surface area contributed by atoms with E-state index in [4.69, 9.17) is 0 Å². The van der Waals surface area contributed by atoms with Crippen molar-refractivity contribution in [2.75, 3.05) is 18.4 Å². The van der Waals surface area contributed by atoms with Crippen LogP contribution in [0.1, 0.15) is 19.8 Å². The lowest BCUT2D eigenvalue weighted by atomic mass is 9.96. The summed E-state index contributed by atoms with van der Waals surface area (Å²) in [5.74, 6) is 0.0720. The zero-order valence-corrected chi connectivity index (χ0v) is 10.9. The molecule has 1 aliphatic rings. The maximum absolute atomic E-state index is 12.1. The summed E-state index contributed by atoms with van der Waals surface area (Å²) in [6.07, 6.45) is 1.37. The van der Waals surface area contributed by atoms with Crippen LogP contribution in [0.4, 0.5) is 5.69 Å². The Hall–Kier alpha value is -2.04. The molecule has 0 atom stereocenters. The van der Waals surface area contributed by atoms with E-state index in [0.717, 1.165) is 0 Å². The number of benzene rings is 1. The van der Waals surface area contributed by atoms with Crippen LogP contribution in [0.3, 0.4) is 0 Å². The van der Waals surface area contributed by atoms with Gasteiger partial charge in [-0.2, -0.15) is 0 Å². The van der Waals surface area contributed by atoms with Crippen LogP contribution in [-0.4, -0.2) is 34.9 Å². The molecule has 0 radical (unpaired) electrons. The van der Waals surface area contributed by atoms with Gasteiger partial charge in [-0.25, -0.2) is 0 Å². The van der Waals surface area contributed by atoms with Gasteiger partial charge in [-0.1, -0.05) is 6.07 Å². The zero-order chi connectivity index (χ0) is 13.8. The van der Waals surface area contributed by atoms with E-state index in [-0.39, 0.29) is 23.5 Å². The SMILES string of the molecule is CC(=O)N1CCC(C(=O)Nc2cccc(O)c2)CC1. The number of hydrogen-bond donors (Lipinski definition) is 2. The molecular weight excluding hydrogens is 244 g/mol. The molecule has 5 nitrogen and oxygen atoms in total. The minimum atomic E-state index is -0.0713. The molecule has 19 heavy (non-hydrogen) atoms. The second-order valence-electron chi connectivity index (χ2n) is 4.82. The van der Waals surface area contributed by atoms with E-state index < -0.39 is 0 Å². The van der Waals surface area contributed by atoms with E-state index in [9.17, 15) is 14.7 Å². The molecule has 0 spiro atoms. The predicted molar refractivity (Wildman–Crippen MR) is 71.7 cm³/mol. The average Bonchev–Trinajstić information content (AvgIpc) is 2.39. The fraction of sp³-hybridized carbons (Fsp3) is 0.429. The number of phenols is 1. The van der Waals surface area contributed by atoms with Gasteiger partial charge in [0.25, 0.3) is 0 Å². The van der Waals surface area contributed by atoms with Crippen LogP contribution < -0.4 is 5.32 Å². The number of nitrogens with one attached hydrogen (secondary N) is 1. The third kappa shape index (κ3) is 3.47. The van der Waals surface area contributed by atoms with Gasteiger partial charge in [0, 0.05) is 37.7 Å². The first-order chi connectivity index (χ1) is 9.06. The van der Waals surface area contributed by atoms with Crippen molar-refractivity contribution in [3.05, 3.63) is 24.3 Å². The van der Waals surface area contributed by atoms with Crippen LogP contribution in [0.25, 0.3) is 0 Å². The molecule has 0 bridgehead atoms. The molecule has 2 N–H and O–H groups in total. The Morgan fingerprint density at radius 3 is 2.58 bits per heavy atom. The quantitative estimate of drug-likeness (QED) is 0.850. The Morgan fingerprint density at radius 1 is 1.32 bits per heavy atom. The summed E-state index contributed by atoms with van der Waals surface area (Å²) >= 11 is 0. The molecule has 5 heteroatoms. The highest BCUT2D eigenvalue weighted by atomic mass is 16.3. The lowest BCUT2D eigenvalue weighted by molar-refractivity contribution is -0.132. The molecule has 2 rings (SSSR count). The Kier molecular flexibility index (Phi) is 4.04. The summed E-state index contributed by atoms with van der Waals surface area (Å²) in [6, 6.07) is 6.50. The predicted octanol–water partition coefficient (Wildman–Crippen LogP) is 1.59. The minimum absolute atomic E-state index is 0.0474. The van der Waals surface area contributed by atoms with E-state index in [1.165, 1.54) is 6.07 Å². The van der Waals surface area contributed by atoms with Crippen molar-refractivity contribution >= 4 is 17.5 Å². The smallest absolute Gasteiger partial charge is 0.227 e. The van der Waals surface area contributed by atoms with E-state index >= 15 is 0 Å². The normalized spacial score (nSPS) is 16.2. The first-order valence-corrected chi connectivity index (χ1v) is 6.41. The average molecular weight is 262 g/mol. The number of amides is 2. The molecule has 1 aromatic carbocycles. The van der Waals surface area contributed by atoms with Gasteiger partial charge in [-0.15, -0.1) is 0 Å². The fourth-order valence-electron chi connectivity index (χ4n) is 2.28. The number of aromatic hydroxyl groups is 1. The Labute approximate surface area is 112 Å². The van der Waals surface area contributed by atoms with Crippen LogP contribution in [0.5, 0.6) is 5.75 Å². The lowest BCUT2D eigenvalue weighted by Gasteiger charge is -2.30. The van der Waals surface area contributed by atoms with Crippen molar-refractivity contribution in [3.63, 3.8) is 0 Å². The summed E-state index contributed by atoms with van der Waals surface area (Å²) < 4.78 is 0. The van der Waals surface area contributed by atoms with Crippen molar-refractivity contribution in [3.8, 4) is 5.75 Å². The molecule has 1 aliphatic heterocycles. The number of rotatable bonds is 2. The topological polar surface area (TPSA) is 69.6 Å². The third-order valence-corrected chi connectivity index (χ3v) is 3.42. The summed E-state index contributed by atoms with van der Waals surface area (Å²) in [6.45, 7) is 2.81. The van der Waals surface area contributed by atoms with E-state index in [2.05, 4.69) is 5.32 Å². The number of nitrogens with zero attached hydrogens (tertiary/aromatic N) is 1. The number of piperidine rings is 1. The molecule has 0 aliphatic carbocycles. The highest BCUT2D eigenvalue weighted by molar-refractivity contribution is 5.92. The summed E-state index contributed by atoms with van der Waals surface area (Å²) in [5, 5.41) is 12.1. The van der Waals surface area contributed by atoms with Gasteiger partial charge in [-0.3, -0.25) is 9.59 Å². The number of phenolic OH excluding ortho intramolecular Hbond substituents is 1. The molecule has 0 aromatic heterocycles. The van der Waals surface area contributed by atoms with E-state index in [0.29, 0.717) is 31.6 Å². The molecule has 0 unspecified atom stereocenters. The summed E-state index contributed by atoms with van der Waals surface area (Å²) in [4.78, 5) is 25.0. The maximum Gasteiger partial charge on any atom is 0.227 e.